The lowest BCUT2D eigenvalue weighted by Crippen LogP contribution is -2.38. The van der Waals surface area contributed by atoms with Gasteiger partial charge in [0.2, 0.25) is 5.78 Å². The van der Waals surface area contributed by atoms with Gasteiger partial charge in [0.25, 0.3) is 5.91 Å². The van der Waals surface area contributed by atoms with E-state index in [0.29, 0.717) is 23.4 Å². The fourth-order valence-electron chi connectivity index (χ4n) is 4.34. The van der Waals surface area contributed by atoms with E-state index in [1.54, 1.807) is 0 Å². The Morgan fingerprint density at radius 1 is 1.03 bits per heavy atom. The van der Waals surface area contributed by atoms with Crippen LogP contribution in [0.3, 0.4) is 0 Å². The van der Waals surface area contributed by atoms with Crippen LogP contribution in [-0.4, -0.2) is 61.0 Å². The van der Waals surface area contributed by atoms with E-state index in [-0.39, 0.29) is 11.7 Å². The number of carbonyl (C=O) groups excluding carboxylic acids is 2. The van der Waals surface area contributed by atoms with E-state index in [2.05, 4.69) is 15.2 Å². The van der Waals surface area contributed by atoms with Crippen molar-refractivity contribution >= 4 is 22.5 Å². The van der Waals surface area contributed by atoms with Crippen LogP contribution in [0.2, 0.25) is 0 Å². The molecule has 1 amide bonds. The van der Waals surface area contributed by atoms with Crippen LogP contribution in [0.15, 0.2) is 48.7 Å². The lowest BCUT2D eigenvalue weighted by atomic mass is 9.84. The number of nitrogens with one attached hydrogen (secondary N) is 1. The van der Waals surface area contributed by atoms with Gasteiger partial charge in [-0.3, -0.25) is 19.5 Å². The van der Waals surface area contributed by atoms with Crippen LogP contribution >= 0.6 is 0 Å². The van der Waals surface area contributed by atoms with Crippen molar-refractivity contribution in [2.24, 2.45) is 0 Å². The van der Waals surface area contributed by atoms with E-state index in [4.69, 9.17) is 4.74 Å². The number of hydrogen-bond donors (Lipinski definition) is 1. The molecule has 30 heavy (non-hydrogen) atoms. The zero-order valence-electron chi connectivity index (χ0n) is 16.7. The number of aromatic nitrogens is 1. The topological polar surface area (TPSA) is 71.5 Å². The minimum atomic E-state index is -0.153. The number of rotatable bonds is 5. The average Bonchev–Trinajstić information content (AvgIpc) is 2.80. The number of benzene rings is 2. The van der Waals surface area contributed by atoms with Gasteiger partial charge in [-0.1, -0.05) is 42.5 Å². The lowest BCUT2D eigenvalue weighted by Gasteiger charge is -2.26. The van der Waals surface area contributed by atoms with Gasteiger partial charge in [-0.25, -0.2) is 0 Å². The molecule has 5 rings (SSSR count). The van der Waals surface area contributed by atoms with Crippen LogP contribution < -0.4 is 5.32 Å². The van der Waals surface area contributed by atoms with Gasteiger partial charge in [0.15, 0.2) is 0 Å². The monoisotopic (exact) mass is 401 g/mol. The van der Waals surface area contributed by atoms with Crippen LogP contribution in [-0.2, 0) is 4.74 Å². The van der Waals surface area contributed by atoms with E-state index in [0.717, 1.165) is 61.2 Å². The number of nitrogens with zero attached hydrogens (tertiary/aromatic N) is 2. The highest BCUT2D eigenvalue weighted by Crippen LogP contribution is 2.39. The molecule has 1 N–H and O–H groups in total. The molecule has 152 valence electrons. The van der Waals surface area contributed by atoms with E-state index in [9.17, 15) is 9.59 Å². The third-order valence-corrected chi connectivity index (χ3v) is 5.88. The summed E-state index contributed by atoms with van der Waals surface area (Å²) >= 11 is 0. The molecule has 2 heterocycles. The molecular formula is C24H23N3O3. The molecule has 6 nitrogen and oxygen atoms in total. The number of amides is 1. The van der Waals surface area contributed by atoms with Crippen molar-refractivity contribution in [1.82, 2.24) is 15.2 Å². The molecule has 0 radical (unpaired) electrons. The lowest BCUT2D eigenvalue weighted by molar-refractivity contribution is 0.0374. The summed E-state index contributed by atoms with van der Waals surface area (Å²) in [7, 11) is 0. The maximum atomic E-state index is 13.0. The molecule has 1 aliphatic carbocycles. The first kappa shape index (κ1) is 18.9. The molecule has 0 bridgehead atoms. The van der Waals surface area contributed by atoms with E-state index >= 15 is 0 Å². The summed E-state index contributed by atoms with van der Waals surface area (Å²) in [5.41, 5.74) is 3.43. The normalized spacial score (nSPS) is 15.8. The zero-order chi connectivity index (χ0) is 20.5. The summed E-state index contributed by atoms with van der Waals surface area (Å²) in [5, 5.41) is 4.55. The number of ether oxygens (including phenoxy) is 1. The molecule has 0 spiro atoms. The van der Waals surface area contributed by atoms with Gasteiger partial charge in [-0.05, 0) is 29.5 Å². The minimum absolute atomic E-state index is 0.0910. The molecule has 1 saturated heterocycles. The van der Waals surface area contributed by atoms with Crippen LogP contribution in [0.4, 0.5) is 0 Å². The zero-order valence-corrected chi connectivity index (χ0v) is 16.7. The summed E-state index contributed by atoms with van der Waals surface area (Å²) in [4.78, 5) is 32.6. The molecule has 1 fully saturated rings. The average molecular weight is 401 g/mol. The fraction of sp³-hybridized carbons (Fsp3) is 0.292. The molecule has 1 aliphatic heterocycles. The van der Waals surface area contributed by atoms with Crippen LogP contribution in [0.1, 0.15) is 32.8 Å². The Kier molecular flexibility index (Phi) is 5.02. The second-order valence-electron chi connectivity index (χ2n) is 7.69. The van der Waals surface area contributed by atoms with Gasteiger partial charge in [0.1, 0.15) is 5.69 Å². The van der Waals surface area contributed by atoms with Crippen molar-refractivity contribution in [2.75, 3.05) is 39.4 Å². The molecule has 0 atom stereocenters. The largest absolute Gasteiger partial charge is 0.379 e. The predicted molar refractivity (Wildman–Crippen MR) is 115 cm³/mol. The van der Waals surface area contributed by atoms with Gasteiger partial charge < -0.3 is 10.1 Å². The van der Waals surface area contributed by atoms with Crippen LogP contribution in [0.5, 0.6) is 0 Å². The molecule has 6 heteroatoms. The quantitative estimate of drug-likeness (QED) is 0.521. The number of morpholine rings is 1. The maximum Gasteiger partial charge on any atom is 0.253 e. The Morgan fingerprint density at radius 2 is 1.80 bits per heavy atom. The second-order valence-corrected chi connectivity index (χ2v) is 7.69. The van der Waals surface area contributed by atoms with Crippen LogP contribution in [0.25, 0.3) is 21.9 Å². The fourth-order valence-corrected chi connectivity index (χ4v) is 4.34. The Balaban J connectivity index is 1.39. The van der Waals surface area contributed by atoms with Crippen molar-refractivity contribution in [2.45, 2.75) is 6.42 Å². The van der Waals surface area contributed by atoms with Crippen molar-refractivity contribution in [3.63, 3.8) is 0 Å². The first-order chi connectivity index (χ1) is 14.7. The van der Waals surface area contributed by atoms with Crippen molar-refractivity contribution in [3.8, 4) is 11.1 Å². The Labute approximate surface area is 174 Å². The Morgan fingerprint density at radius 3 is 2.63 bits per heavy atom. The third-order valence-electron chi connectivity index (χ3n) is 5.88. The summed E-state index contributed by atoms with van der Waals surface area (Å²) < 4.78 is 5.36. The highest BCUT2D eigenvalue weighted by molar-refractivity contribution is 6.26. The second kappa shape index (κ2) is 7.97. The number of carbonyl (C=O) groups is 2. The summed E-state index contributed by atoms with van der Waals surface area (Å²) in [5.74, 6) is -0.244. The molecule has 0 unspecified atom stereocenters. The third kappa shape index (κ3) is 3.28. The minimum Gasteiger partial charge on any atom is -0.379 e. The van der Waals surface area contributed by atoms with Gasteiger partial charge >= 0.3 is 0 Å². The Bertz CT molecular complexity index is 1140. The van der Waals surface area contributed by atoms with Crippen molar-refractivity contribution in [3.05, 3.63) is 65.5 Å². The number of hydrogen-bond acceptors (Lipinski definition) is 5. The smallest absolute Gasteiger partial charge is 0.253 e. The molecule has 0 saturated carbocycles. The SMILES string of the molecule is O=C(NCCCN1CCOCC1)c1cnc2c3c(cccc13)-c1ccccc1C2=O. The first-order valence-corrected chi connectivity index (χ1v) is 10.4. The summed E-state index contributed by atoms with van der Waals surface area (Å²) in [6.45, 7) is 4.99. The van der Waals surface area contributed by atoms with Gasteiger partial charge in [-0.15, -0.1) is 0 Å². The van der Waals surface area contributed by atoms with Crippen molar-refractivity contribution < 1.29 is 14.3 Å². The molecule has 2 aromatic carbocycles. The molecule has 3 aromatic rings. The highest BCUT2D eigenvalue weighted by Gasteiger charge is 2.27. The van der Waals surface area contributed by atoms with Crippen molar-refractivity contribution in [1.29, 1.82) is 0 Å². The molecular weight excluding hydrogens is 378 g/mol. The first-order valence-electron chi connectivity index (χ1n) is 10.4. The summed E-state index contributed by atoms with van der Waals surface area (Å²) in [6.07, 6.45) is 2.41. The number of pyridine rings is 1. The van der Waals surface area contributed by atoms with Gasteiger partial charge in [0.05, 0.1) is 18.8 Å². The Hall–Kier alpha value is -3.09. The summed E-state index contributed by atoms with van der Waals surface area (Å²) in [6, 6.07) is 13.4. The van der Waals surface area contributed by atoms with Gasteiger partial charge in [-0.2, -0.15) is 0 Å². The van der Waals surface area contributed by atoms with E-state index < -0.39 is 0 Å². The number of ketones is 1. The number of fused-ring (bicyclic) bond motifs is 2. The molecule has 1 aromatic heterocycles. The van der Waals surface area contributed by atoms with Gasteiger partial charge in [0, 0.05) is 36.8 Å². The standard InChI is InChI=1S/C24H23N3O3/c28-23-19-6-2-1-5-16(19)17-7-3-8-18-20(15-26-22(23)21(17)18)24(29)25-9-4-10-27-11-13-30-14-12-27/h1-3,5-8,15H,4,9-14H2,(H,25,29). The predicted octanol–water partition coefficient (Wildman–Crippen LogP) is 2.90. The van der Waals surface area contributed by atoms with E-state index in [1.807, 2.05) is 42.5 Å². The molecule has 2 aliphatic rings. The van der Waals surface area contributed by atoms with E-state index in [1.165, 1.54) is 6.20 Å². The van der Waals surface area contributed by atoms with Crippen LogP contribution in [0, 0.1) is 0 Å². The maximum absolute atomic E-state index is 13.0. The highest BCUT2D eigenvalue weighted by atomic mass is 16.5.